The number of likely N-dealkylation sites (tertiary alicyclic amines) is 1. The number of carbonyl (C=O) groups is 2. The minimum Gasteiger partial charge on any atom is -0.494 e. The number of benzene rings is 2. The standard InChI is InChI=1S/C26H30N4O3/c1-33-24-12-6-5-11-23(24)30-18-21(17-28-30)16-27-26(32)22-13-14-25(31)29(19-22)15-7-10-20-8-3-2-4-9-20/h2-6,8-9,11-12,17-18,22H,7,10,13-16,19H2,1H3,(H,27,32)/t22-/m0/s1. The predicted octanol–water partition coefficient (Wildman–Crippen LogP) is 3.37. The Hall–Kier alpha value is -3.61. The second-order valence-electron chi connectivity index (χ2n) is 8.35. The molecule has 0 radical (unpaired) electrons. The molecular weight excluding hydrogens is 416 g/mol. The molecule has 1 atom stereocenters. The Balaban J connectivity index is 1.28. The van der Waals surface area contributed by atoms with Crippen LogP contribution in [0.2, 0.25) is 0 Å². The second kappa shape index (κ2) is 10.8. The molecule has 1 aliphatic heterocycles. The van der Waals surface area contributed by atoms with Gasteiger partial charge in [-0.1, -0.05) is 42.5 Å². The highest BCUT2D eigenvalue weighted by molar-refractivity contribution is 5.83. The number of aryl methyl sites for hydroxylation is 1. The Labute approximate surface area is 194 Å². The van der Waals surface area contributed by atoms with Gasteiger partial charge in [0.15, 0.2) is 0 Å². The molecule has 1 fully saturated rings. The molecule has 3 aromatic rings. The van der Waals surface area contributed by atoms with Crippen LogP contribution in [0.1, 0.15) is 30.4 Å². The topological polar surface area (TPSA) is 76.5 Å². The molecule has 0 unspecified atom stereocenters. The van der Waals surface area contributed by atoms with Crippen LogP contribution in [0.5, 0.6) is 5.75 Å². The van der Waals surface area contributed by atoms with E-state index in [2.05, 4.69) is 22.5 Å². The molecule has 33 heavy (non-hydrogen) atoms. The van der Waals surface area contributed by atoms with Crippen molar-refractivity contribution in [1.82, 2.24) is 20.0 Å². The molecule has 0 saturated carbocycles. The number of rotatable bonds is 9. The molecule has 2 heterocycles. The Morgan fingerprint density at radius 1 is 1.12 bits per heavy atom. The minimum absolute atomic E-state index is 0.0133. The summed E-state index contributed by atoms with van der Waals surface area (Å²) in [7, 11) is 1.63. The van der Waals surface area contributed by atoms with Gasteiger partial charge in [0.05, 0.1) is 19.2 Å². The van der Waals surface area contributed by atoms with Crippen LogP contribution in [-0.2, 0) is 22.6 Å². The van der Waals surface area contributed by atoms with Gasteiger partial charge in [0, 0.05) is 37.8 Å². The highest BCUT2D eigenvalue weighted by Crippen LogP contribution is 2.22. The fourth-order valence-corrected chi connectivity index (χ4v) is 4.20. The molecule has 7 nitrogen and oxygen atoms in total. The van der Waals surface area contributed by atoms with Gasteiger partial charge in [-0.2, -0.15) is 5.10 Å². The van der Waals surface area contributed by atoms with Crippen molar-refractivity contribution in [2.24, 2.45) is 5.92 Å². The lowest BCUT2D eigenvalue weighted by molar-refractivity contribution is -0.138. The molecular formula is C26H30N4O3. The third kappa shape index (κ3) is 5.80. The lowest BCUT2D eigenvalue weighted by Gasteiger charge is -2.32. The fourth-order valence-electron chi connectivity index (χ4n) is 4.20. The van der Waals surface area contributed by atoms with Crippen molar-refractivity contribution in [3.63, 3.8) is 0 Å². The van der Waals surface area contributed by atoms with Crippen LogP contribution in [0.3, 0.4) is 0 Å². The van der Waals surface area contributed by atoms with Gasteiger partial charge in [0.25, 0.3) is 0 Å². The summed E-state index contributed by atoms with van der Waals surface area (Å²) >= 11 is 0. The van der Waals surface area contributed by atoms with Crippen LogP contribution in [0.15, 0.2) is 67.0 Å². The molecule has 0 bridgehead atoms. The first-order valence-corrected chi connectivity index (χ1v) is 11.4. The van der Waals surface area contributed by atoms with Crippen molar-refractivity contribution >= 4 is 11.8 Å². The molecule has 1 aliphatic rings. The summed E-state index contributed by atoms with van der Waals surface area (Å²) in [6, 6.07) is 17.9. The number of aromatic nitrogens is 2. The molecule has 7 heteroatoms. The van der Waals surface area contributed by atoms with Gasteiger partial charge >= 0.3 is 0 Å². The zero-order valence-corrected chi connectivity index (χ0v) is 18.9. The third-order valence-electron chi connectivity index (χ3n) is 6.04. The first-order chi connectivity index (χ1) is 16.1. The van der Waals surface area contributed by atoms with Gasteiger partial charge in [0.1, 0.15) is 11.4 Å². The van der Waals surface area contributed by atoms with Crippen LogP contribution in [0, 0.1) is 5.92 Å². The number of hydrogen-bond acceptors (Lipinski definition) is 4. The average molecular weight is 447 g/mol. The summed E-state index contributed by atoms with van der Waals surface area (Å²) in [5.74, 6) is 0.685. The van der Waals surface area contributed by atoms with E-state index in [9.17, 15) is 9.59 Å². The van der Waals surface area contributed by atoms with Crippen LogP contribution in [0.25, 0.3) is 5.69 Å². The van der Waals surface area contributed by atoms with Crippen LogP contribution in [-0.4, -0.2) is 46.7 Å². The maximum absolute atomic E-state index is 12.8. The van der Waals surface area contributed by atoms with Crippen LogP contribution in [0.4, 0.5) is 0 Å². The third-order valence-corrected chi connectivity index (χ3v) is 6.04. The van der Waals surface area contributed by atoms with Crippen LogP contribution >= 0.6 is 0 Å². The number of carbonyl (C=O) groups excluding carboxylic acids is 2. The summed E-state index contributed by atoms with van der Waals surface area (Å²) in [5, 5.41) is 7.42. The molecule has 4 rings (SSSR count). The minimum atomic E-state index is -0.177. The van der Waals surface area contributed by atoms with E-state index in [0.29, 0.717) is 32.5 Å². The number of amides is 2. The van der Waals surface area contributed by atoms with Crippen molar-refractivity contribution in [2.75, 3.05) is 20.2 Å². The molecule has 172 valence electrons. The van der Waals surface area contributed by atoms with E-state index >= 15 is 0 Å². The summed E-state index contributed by atoms with van der Waals surface area (Å²) < 4.78 is 7.14. The Morgan fingerprint density at radius 2 is 1.91 bits per heavy atom. The monoisotopic (exact) mass is 446 g/mol. The van der Waals surface area contributed by atoms with Gasteiger partial charge in [-0.05, 0) is 37.0 Å². The summed E-state index contributed by atoms with van der Waals surface area (Å²) in [6.07, 6.45) is 6.48. The second-order valence-corrected chi connectivity index (χ2v) is 8.35. The number of hydrogen-bond donors (Lipinski definition) is 1. The summed E-state index contributed by atoms with van der Waals surface area (Å²) in [6.45, 7) is 1.57. The van der Waals surface area contributed by atoms with E-state index in [-0.39, 0.29) is 17.7 Å². The molecule has 0 spiro atoms. The van der Waals surface area contributed by atoms with E-state index in [1.807, 2.05) is 53.6 Å². The zero-order valence-electron chi connectivity index (χ0n) is 18.9. The molecule has 1 N–H and O–H groups in total. The number of nitrogens with one attached hydrogen (secondary N) is 1. The van der Waals surface area contributed by atoms with E-state index in [4.69, 9.17) is 4.74 Å². The van der Waals surface area contributed by atoms with E-state index in [1.54, 1.807) is 18.0 Å². The lowest BCUT2D eigenvalue weighted by Crippen LogP contribution is -2.46. The van der Waals surface area contributed by atoms with Crippen molar-refractivity contribution in [2.45, 2.75) is 32.2 Å². The van der Waals surface area contributed by atoms with E-state index in [0.717, 1.165) is 29.8 Å². The number of nitrogens with zero attached hydrogens (tertiary/aromatic N) is 3. The molecule has 2 amide bonds. The first kappa shape index (κ1) is 22.6. The van der Waals surface area contributed by atoms with Crippen molar-refractivity contribution < 1.29 is 14.3 Å². The molecule has 2 aromatic carbocycles. The zero-order chi connectivity index (χ0) is 23.0. The highest BCUT2D eigenvalue weighted by atomic mass is 16.5. The molecule has 1 saturated heterocycles. The van der Waals surface area contributed by atoms with E-state index in [1.165, 1.54) is 5.56 Å². The number of para-hydroxylation sites is 2. The van der Waals surface area contributed by atoms with Gasteiger partial charge in [-0.3, -0.25) is 9.59 Å². The number of ether oxygens (including phenoxy) is 1. The number of methoxy groups -OCH3 is 1. The maximum Gasteiger partial charge on any atom is 0.225 e. The van der Waals surface area contributed by atoms with Crippen molar-refractivity contribution in [3.8, 4) is 11.4 Å². The first-order valence-electron chi connectivity index (χ1n) is 11.4. The Bertz CT molecular complexity index is 1080. The lowest BCUT2D eigenvalue weighted by atomic mass is 9.96. The Morgan fingerprint density at radius 3 is 2.73 bits per heavy atom. The predicted molar refractivity (Wildman–Crippen MR) is 126 cm³/mol. The van der Waals surface area contributed by atoms with Gasteiger partial charge in [-0.15, -0.1) is 0 Å². The fraction of sp³-hybridized carbons (Fsp3) is 0.346. The van der Waals surface area contributed by atoms with Crippen molar-refractivity contribution in [1.29, 1.82) is 0 Å². The Kier molecular flexibility index (Phi) is 7.40. The molecule has 0 aliphatic carbocycles. The smallest absolute Gasteiger partial charge is 0.225 e. The van der Waals surface area contributed by atoms with Gasteiger partial charge in [-0.25, -0.2) is 4.68 Å². The quantitative estimate of drug-likeness (QED) is 0.547. The van der Waals surface area contributed by atoms with Gasteiger partial charge in [0.2, 0.25) is 11.8 Å². The largest absolute Gasteiger partial charge is 0.494 e. The maximum atomic E-state index is 12.8. The van der Waals surface area contributed by atoms with Crippen molar-refractivity contribution in [3.05, 3.63) is 78.1 Å². The average Bonchev–Trinajstić information content (AvgIpc) is 3.33. The van der Waals surface area contributed by atoms with E-state index < -0.39 is 0 Å². The number of piperidine rings is 1. The molecule has 1 aromatic heterocycles. The van der Waals surface area contributed by atoms with Crippen LogP contribution < -0.4 is 10.1 Å². The normalized spacial score (nSPS) is 16.0. The van der Waals surface area contributed by atoms with Gasteiger partial charge < -0.3 is 15.0 Å². The summed E-state index contributed by atoms with van der Waals surface area (Å²) in [5.41, 5.74) is 3.01. The SMILES string of the molecule is COc1ccccc1-n1cc(CNC(=O)[C@H]2CCC(=O)N(CCCc3ccccc3)C2)cn1. The highest BCUT2D eigenvalue weighted by Gasteiger charge is 2.29. The summed E-state index contributed by atoms with van der Waals surface area (Å²) in [4.78, 5) is 27.0.